The van der Waals surface area contributed by atoms with Gasteiger partial charge in [0.05, 0.1) is 12.2 Å². The second-order valence-electron chi connectivity index (χ2n) is 5.85. The second-order valence-corrected chi connectivity index (χ2v) is 7.83. The number of piperidine rings is 1. The maximum Gasteiger partial charge on any atom is 0.224 e. The predicted octanol–water partition coefficient (Wildman–Crippen LogP) is 1.54. The standard InChI is InChI=1S/C16H24N2O3S/c1-3-13-6-8-14(9-7-13)11-17-16(19)15-5-4-10-18(12-15)22(2,20)21/h6-9,15H,3-5,10-12H2,1-2H3,(H,17,19)/t15-/m0/s1. The van der Waals surface area contributed by atoms with Gasteiger partial charge >= 0.3 is 0 Å². The first kappa shape index (κ1) is 17.0. The molecule has 1 saturated heterocycles. The lowest BCUT2D eigenvalue weighted by Gasteiger charge is -2.30. The topological polar surface area (TPSA) is 66.5 Å². The third-order valence-electron chi connectivity index (χ3n) is 4.12. The van der Waals surface area contributed by atoms with Gasteiger partial charge in [-0.25, -0.2) is 12.7 Å². The largest absolute Gasteiger partial charge is 0.352 e. The van der Waals surface area contributed by atoms with E-state index >= 15 is 0 Å². The number of hydrogen-bond acceptors (Lipinski definition) is 3. The molecule has 0 saturated carbocycles. The summed E-state index contributed by atoms with van der Waals surface area (Å²) >= 11 is 0. The molecule has 1 aromatic carbocycles. The van der Waals surface area contributed by atoms with E-state index in [9.17, 15) is 13.2 Å². The van der Waals surface area contributed by atoms with Crippen LogP contribution in [0.1, 0.15) is 30.9 Å². The van der Waals surface area contributed by atoms with Crippen molar-refractivity contribution in [3.05, 3.63) is 35.4 Å². The molecule has 1 amide bonds. The van der Waals surface area contributed by atoms with Crippen LogP contribution in [0.15, 0.2) is 24.3 Å². The molecule has 0 unspecified atom stereocenters. The Morgan fingerprint density at radius 2 is 1.91 bits per heavy atom. The number of sulfonamides is 1. The van der Waals surface area contributed by atoms with E-state index in [0.717, 1.165) is 24.8 Å². The molecule has 1 heterocycles. The van der Waals surface area contributed by atoms with E-state index in [1.807, 2.05) is 12.1 Å². The molecule has 0 aromatic heterocycles. The average molecular weight is 324 g/mol. The number of nitrogens with one attached hydrogen (secondary N) is 1. The molecule has 0 radical (unpaired) electrons. The first-order valence-corrected chi connectivity index (χ1v) is 9.55. The van der Waals surface area contributed by atoms with Gasteiger partial charge in [-0.15, -0.1) is 0 Å². The van der Waals surface area contributed by atoms with Crippen LogP contribution in [0, 0.1) is 5.92 Å². The molecule has 6 heteroatoms. The molecule has 1 aliphatic heterocycles. The van der Waals surface area contributed by atoms with Crippen LogP contribution in [0.4, 0.5) is 0 Å². The molecule has 5 nitrogen and oxygen atoms in total. The minimum Gasteiger partial charge on any atom is -0.352 e. The Morgan fingerprint density at radius 3 is 2.50 bits per heavy atom. The normalized spacial score (nSPS) is 19.8. The Hall–Kier alpha value is -1.40. The van der Waals surface area contributed by atoms with Gasteiger partial charge in [-0.05, 0) is 30.4 Å². The minimum absolute atomic E-state index is 0.0621. The van der Waals surface area contributed by atoms with Crippen LogP contribution >= 0.6 is 0 Å². The highest BCUT2D eigenvalue weighted by molar-refractivity contribution is 7.88. The number of aryl methyl sites for hydroxylation is 1. The zero-order chi connectivity index (χ0) is 16.2. The summed E-state index contributed by atoms with van der Waals surface area (Å²) in [5.41, 5.74) is 2.33. The van der Waals surface area contributed by atoms with Crippen LogP contribution in [0.3, 0.4) is 0 Å². The van der Waals surface area contributed by atoms with Gasteiger partial charge in [-0.2, -0.15) is 0 Å². The summed E-state index contributed by atoms with van der Waals surface area (Å²) in [4.78, 5) is 12.2. The van der Waals surface area contributed by atoms with Gasteiger partial charge in [0.1, 0.15) is 0 Å². The Balaban J connectivity index is 1.88. The van der Waals surface area contributed by atoms with Gasteiger partial charge in [0.15, 0.2) is 0 Å². The molecule has 1 N–H and O–H groups in total. The number of amides is 1. The fraction of sp³-hybridized carbons (Fsp3) is 0.562. The molecule has 22 heavy (non-hydrogen) atoms. The van der Waals surface area contributed by atoms with Crippen molar-refractivity contribution in [2.24, 2.45) is 5.92 Å². The van der Waals surface area contributed by atoms with Crippen LogP contribution < -0.4 is 5.32 Å². The molecule has 2 rings (SSSR count). The summed E-state index contributed by atoms with van der Waals surface area (Å²) in [6.45, 7) is 3.39. The molecule has 0 bridgehead atoms. The van der Waals surface area contributed by atoms with E-state index in [2.05, 4.69) is 24.4 Å². The minimum atomic E-state index is -3.21. The highest BCUT2D eigenvalue weighted by Crippen LogP contribution is 2.19. The third kappa shape index (κ3) is 4.55. The maximum absolute atomic E-state index is 12.2. The van der Waals surface area contributed by atoms with Crippen molar-refractivity contribution in [1.82, 2.24) is 9.62 Å². The van der Waals surface area contributed by atoms with E-state index in [0.29, 0.717) is 19.6 Å². The first-order valence-electron chi connectivity index (χ1n) is 7.71. The van der Waals surface area contributed by atoms with Gasteiger partial charge in [-0.1, -0.05) is 31.2 Å². The lowest BCUT2D eigenvalue weighted by atomic mass is 9.98. The summed E-state index contributed by atoms with van der Waals surface area (Å²) in [6, 6.07) is 8.16. The Bertz CT molecular complexity index is 611. The Morgan fingerprint density at radius 1 is 1.27 bits per heavy atom. The van der Waals surface area contributed by atoms with E-state index in [4.69, 9.17) is 0 Å². The lowest BCUT2D eigenvalue weighted by molar-refractivity contribution is -0.126. The molecule has 0 spiro atoms. The molecule has 1 fully saturated rings. The van der Waals surface area contributed by atoms with Crippen LogP contribution in [0.5, 0.6) is 0 Å². The summed E-state index contributed by atoms with van der Waals surface area (Å²) in [5.74, 6) is -0.314. The Labute approximate surface area is 132 Å². The predicted molar refractivity (Wildman–Crippen MR) is 86.8 cm³/mol. The van der Waals surface area contributed by atoms with E-state index in [1.54, 1.807) is 0 Å². The number of nitrogens with zero attached hydrogens (tertiary/aromatic N) is 1. The lowest BCUT2D eigenvalue weighted by Crippen LogP contribution is -2.44. The zero-order valence-corrected chi connectivity index (χ0v) is 14.0. The third-order valence-corrected chi connectivity index (χ3v) is 5.39. The monoisotopic (exact) mass is 324 g/mol. The van der Waals surface area contributed by atoms with Crippen LogP contribution in [0.25, 0.3) is 0 Å². The average Bonchev–Trinajstić information content (AvgIpc) is 2.52. The van der Waals surface area contributed by atoms with E-state index in [-0.39, 0.29) is 11.8 Å². The molecule has 0 aliphatic carbocycles. The number of carbonyl (C=O) groups is 1. The maximum atomic E-state index is 12.2. The number of benzene rings is 1. The number of carbonyl (C=O) groups excluding carboxylic acids is 1. The molecular formula is C16H24N2O3S. The molecule has 1 aromatic rings. The van der Waals surface area contributed by atoms with Crippen LogP contribution in [0.2, 0.25) is 0 Å². The van der Waals surface area contributed by atoms with Crippen molar-refractivity contribution in [3.8, 4) is 0 Å². The summed E-state index contributed by atoms with van der Waals surface area (Å²) in [6.07, 6.45) is 3.67. The van der Waals surface area contributed by atoms with Crippen molar-refractivity contribution in [2.75, 3.05) is 19.3 Å². The molecular weight excluding hydrogens is 300 g/mol. The van der Waals surface area contributed by atoms with Crippen LogP contribution in [-0.2, 0) is 27.8 Å². The number of hydrogen-bond donors (Lipinski definition) is 1. The molecule has 1 atom stereocenters. The van der Waals surface area contributed by atoms with Gasteiger partial charge < -0.3 is 5.32 Å². The van der Waals surface area contributed by atoms with E-state index < -0.39 is 10.0 Å². The van der Waals surface area contributed by atoms with Crippen molar-refractivity contribution in [2.45, 2.75) is 32.7 Å². The fourth-order valence-corrected chi connectivity index (χ4v) is 3.60. The van der Waals surface area contributed by atoms with Crippen LogP contribution in [-0.4, -0.2) is 38.0 Å². The van der Waals surface area contributed by atoms with Gasteiger partial charge in [-0.3, -0.25) is 4.79 Å². The SMILES string of the molecule is CCc1ccc(CNC(=O)[C@H]2CCCN(S(C)(=O)=O)C2)cc1. The van der Waals surface area contributed by atoms with Gasteiger partial charge in [0, 0.05) is 19.6 Å². The zero-order valence-electron chi connectivity index (χ0n) is 13.2. The van der Waals surface area contributed by atoms with Crippen molar-refractivity contribution in [1.29, 1.82) is 0 Å². The summed E-state index contributed by atoms with van der Waals surface area (Å²) < 4.78 is 24.6. The highest BCUT2D eigenvalue weighted by atomic mass is 32.2. The smallest absolute Gasteiger partial charge is 0.224 e. The van der Waals surface area contributed by atoms with E-state index in [1.165, 1.54) is 16.1 Å². The molecule has 122 valence electrons. The fourth-order valence-electron chi connectivity index (χ4n) is 2.68. The summed E-state index contributed by atoms with van der Waals surface area (Å²) in [5, 5.41) is 2.92. The van der Waals surface area contributed by atoms with Gasteiger partial charge in [0.25, 0.3) is 0 Å². The summed E-state index contributed by atoms with van der Waals surface area (Å²) in [7, 11) is -3.21. The van der Waals surface area contributed by atoms with Crippen molar-refractivity contribution in [3.63, 3.8) is 0 Å². The number of rotatable bonds is 5. The second kappa shape index (κ2) is 7.24. The highest BCUT2D eigenvalue weighted by Gasteiger charge is 2.29. The van der Waals surface area contributed by atoms with Gasteiger partial charge in [0.2, 0.25) is 15.9 Å². The first-order chi connectivity index (χ1) is 10.4. The quantitative estimate of drug-likeness (QED) is 0.893. The Kier molecular flexibility index (Phi) is 5.58. The van der Waals surface area contributed by atoms with Crippen molar-refractivity contribution < 1.29 is 13.2 Å². The van der Waals surface area contributed by atoms with Crippen molar-refractivity contribution >= 4 is 15.9 Å². The molecule has 1 aliphatic rings.